The molecule has 0 amide bonds. The minimum Gasteiger partial charge on any atom is -0.495 e. The van der Waals surface area contributed by atoms with Crippen LogP contribution in [-0.2, 0) is 9.84 Å². The molecule has 2 rings (SSSR count). The van der Waals surface area contributed by atoms with Crippen LogP contribution in [0.15, 0.2) is 24.3 Å². The van der Waals surface area contributed by atoms with Gasteiger partial charge < -0.3 is 15.4 Å². The zero-order chi connectivity index (χ0) is 14.8. The molecule has 1 aliphatic rings. The van der Waals surface area contributed by atoms with Gasteiger partial charge in [-0.2, -0.15) is 0 Å². The van der Waals surface area contributed by atoms with Gasteiger partial charge in [0, 0.05) is 0 Å². The molecule has 1 aromatic carbocycles. The molecule has 1 atom stereocenters. The summed E-state index contributed by atoms with van der Waals surface area (Å²) in [5, 5.41) is 6.53. The lowest BCUT2D eigenvalue weighted by Crippen LogP contribution is -2.48. The van der Waals surface area contributed by atoms with Crippen LogP contribution in [0.4, 0.5) is 5.69 Å². The van der Waals surface area contributed by atoms with Crippen LogP contribution in [0.2, 0.25) is 0 Å². The number of benzene rings is 1. The van der Waals surface area contributed by atoms with Crippen LogP contribution in [-0.4, -0.2) is 37.7 Å². The van der Waals surface area contributed by atoms with E-state index in [2.05, 4.69) is 10.6 Å². The van der Waals surface area contributed by atoms with E-state index < -0.39 is 15.4 Å². The highest BCUT2D eigenvalue weighted by molar-refractivity contribution is 7.91. The summed E-state index contributed by atoms with van der Waals surface area (Å²) < 4.78 is 28.4. The molecular weight excluding hydrogens is 296 g/mol. The van der Waals surface area contributed by atoms with Gasteiger partial charge in [-0.25, -0.2) is 8.42 Å². The number of hydrogen-bond donors (Lipinski definition) is 2. The van der Waals surface area contributed by atoms with Crippen LogP contribution in [0.25, 0.3) is 0 Å². The molecule has 0 saturated carbocycles. The molecule has 0 bridgehead atoms. The molecule has 20 heavy (non-hydrogen) atoms. The smallest absolute Gasteiger partial charge is 0.171 e. The van der Waals surface area contributed by atoms with E-state index in [1.54, 1.807) is 7.11 Å². The molecular formula is C13H18N2O3S2. The van der Waals surface area contributed by atoms with Crippen molar-refractivity contribution in [3.63, 3.8) is 0 Å². The summed E-state index contributed by atoms with van der Waals surface area (Å²) in [6.07, 6.45) is 0.559. The van der Waals surface area contributed by atoms with E-state index in [0.29, 0.717) is 17.3 Å². The van der Waals surface area contributed by atoms with Crippen molar-refractivity contribution in [3.8, 4) is 5.75 Å². The number of sulfone groups is 1. The highest BCUT2D eigenvalue weighted by atomic mass is 32.2. The average Bonchev–Trinajstić information content (AvgIpc) is 2.63. The fraction of sp³-hybridized carbons (Fsp3) is 0.462. The molecule has 1 aromatic rings. The quantitative estimate of drug-likeness (QED) is 0.825. The van der Waals surface area contributed by atoms with E-state index in [0.717, 1.165) is 5.69 Å². The number of nitrogens with one attached hydrogen (secondary N) is 2. The first-order chi connectivity index (χ1) is 9.34. The average molecular weight is 314 g/mol. The number of para-hydroxylation sites is 2. The molecule has 0 aliphatic carbocycles. The molecule has 0 spiro atoms. The number of thiocarbonyl (C=S) groups is 1. The van der Waals surface area contributed by atoms with Crippen LogP contribution in [0.3, 0.4) is 0 Å². The van der Waals surface area contributed by atoms with Gasteiger partial charge in [-0.1, -0.05) is 12.1 Å². The third-order valence-electron chi connectivity index (χ3n) is 3.27. The van der Waals surface area contributed by atoms with Crippen LogP contribution in [0.1, 0.15) is 13.3 Å². The monoisotopic (exact) mass is 314 g/mol. The Balaban J connectivity index is 2.03. The molecule has 5 nitrogen and oxygen atoms in total. The summed E-state index contributed by atoms with van der Waals surface area (Å²) in [5.74, 6) is 0.988. The molecule has 0 radical (unpaired) electrons. The molecule has 1 heterocycles. The predicted molar refractivity (Wildman–Crippen MR) is 84.0 cm³/mol. The first-order valence-corrected chi connectivity index (χ1v) is 8.49. The summed E-state index contributed by atoms with van der Waals surface area (Å²) >= 11 is 5.25. The topological polar surface area (TPSA) is 67.4 Å². The number of anilines is 1. The van der Waals surface area contributed by atoms with Crippen molar-refractivity contribution >= 4 is 32.9 Å². The Morgan fingerprint density at radius 1 is 1.40 bits per heavy atom. The van der Waals surface area contributed by atoms with E-state index in [9.17, 15) is 8.42 Å². The van der Waals surface area contributed by atoms with E-state index in [4.69, 9.17) is 17.0 Å². The molecule has 1 unspecified atom stereocenters. The van der Waals surface area contributed by atoms with E-state index in [-0.39, 0.29) is 11.5 Å². The van der Waals surface area contributed by atoms with Crippen molar-refractivity contribution in [1.29, 1.82) is 0 Å². The lowest BCUT2D eigenvalue weighted by Gasteiger charge is -2.26. The van der Waals surface area contributed by atoms with Crippen LogP contribution < -0.4 is 15.4 Å². The molecule has 1 fully saturated rings. The van der Waals surface area contributed by atoms with Gasteiger partial charge in [0.05, 0.1) is 29.8 Å². The fourth-order valence-corrected chi connectivity index (χ4v) is 4.73. The number of hydrogen-bond acceptors (Lipinski definition) is 4. The molecule has 2 N–H and O–H groups in total. The summed E-state index contributed by atoms with van der Waals surface area (Å²) in [6.45, 7) is 1.87. The third-order valence-corrected chi connectivity index (χ3v) is 5.38. The molecule has 7 heteroatoms. The number of rotatable bonds is 3. The Bertz CT molecular complexity index is 616. The Morgan fingerprint density at radius 2 is 2.10 bits per heavy atom. The summed E-state index contributed by atoms with van der Waals surface area (Å²) in [5.41, 5.74) is 0.238. The van der Waals surface area contributed by atoms with Gasteiger partial charge in [0.25, 0.3) is 0 Å². The van der Waals surface area contributed by atoms with Gasteiger partial charge in [0.15, 0.2) is 14.9 Å². The maximum absolute atomic E-state index is 11.6. The first kappa shape index (κ1) is 15.1. The second-order valence-electron chi connectivity index (χ2n) is 5.18. The van der Waals surface area contributed by atoms with Gasteiger partial charge >= 0.3 is 0 Å². The Hall–Kier alpha value is -1.34. The highest BCUT2D eigenvalue weighted by Crippen LogP contribution is 2.25. The minimum absolute atomic E-state index is 0.105. The molecule has 110 valence electrons. The minimum atomic E-state index is -2.96. The van der Waals surface area contributed by atoms with Crippen molar-refractivity contribution in [2.45, 2.75) is 18.9 Å². The Morgan fingerprint density at radius 3 is 2.70 bits per heavy atom. The van der Waals surface area contributed by atoms with Crippen molar-refractivity contribution in [1.82, 2.24) is 5.32 Å². The molecule has 1 saturated heterocycles. The van der Waals surface area contributed by atoms with Crippen molar-refractivity contribution in [2.75, 3.05) is 23.9 Å². The lowest BCUT2D eigenvalue weighted by atomic mass is 10.0. The van der Waals surface area contributed by atoms with E-state index in [1.165, 1.54) is 0 Å². The van der Waals surface area contributed by atoms with E-state index in [1.807, 2.05) is 31.2 Å². The zero-order valence-corrected chi connectivity index (χ0v) is 13.1. The zero-order valence-electron chi connectivity index (χ0n) is 11.5. The van der Waals surface area contributed by atoms with Crippen molar-refractivity contribution < 1.29 is 13.2 Å². The first-order valence-electron chi connectivity index (χ1n) is 6.26. The second-order valence-corrected chi connectivity index (χ2v) is 7.77. The van der Waals surface area contributed by atoms with Crippen molar-refractivity contribution in [2.24, 2.45) is 0 Å². The summed E-state index contributed by atoms with van der Waals surface area (Å²) in [6, 6.07) is 7.41. The van der Waals surface area contributed by atoms with Crippen LogP contribution in [0, 0.1) is 0 Å². The van der Waals surface area contributed by atoms with Gasteiger partial charge in [-0.05, 0) is 37.7 Å². The standard InChI is InChI=1S/C13H18N2O3S2/c1-13(7-8-20(16,17)9-13)15-12(19)14-10-5-3-4-6-11(10)18-2/h3-6H,7-9H2,1-2H3,(H2,14,15,19). The predicted octanol–water partition coefficient (Wildman–Crippen LogP) is 1.56. The number of methoxy groups -OCH3 is 1. The second kappa shape index (κ2) is 5.57. The van der Waals surface area contributed by atoms with Gasteiger partial charge in [-0.15, -0.1) is 0 Å². The normalized spacial score (nSPS) is 24.1. The summed E-state index contributed by atoms with van der Waals surface area (Å²) in [4.78, 5) is 0. The Kier molecular flexibility index (Phi) is 4.19. The Labute approximate surface area is 124 Å². The molecule has 1 aliphatic heterocycles. The molecule has 0 aromatic heterocycles. The SMILES string of the molecule is COc1ccccc1NC(=S)NC1(C)CCS(=O)(=O)C1. The van der Waals surface area contributed by atoms with Gasteiger partial charge in [-0.3, -0.25) is 0 Å². The maximum Gasteiger partial charge on any atom is 0.171 e. The fourth-order valence-electron chi connectivity index (χ4n) is 2.28. The van der Waals surface area contributed by atoms with Gasteiger partial charge in [0.1, 0.15) is 5.75 Å². The summed E-state index contributed by atoms with van der Waals surface area (Å²) in [7, 11) is -1.37. The maximum atomic E-state index is 11.6. The largest absolute Gasteiger partial charge is 0.495 e. The lowest BCUT2D eigenvalue weighted by molar-refractivity contribution is 0.416. The number of ether oxygens (including phenoxy) is 1. The van der Waals surface area contributed by atoms with Crippen molar-refractivity contribution in [3.05, 3.63) is 24.3 Å². The van der Waals surface area contributed by atoms with Crippen LogP contribution in [0.5, 0.6) is 5.75 Å². The van der Waals surface area contributed by atoms with E-state index >= 15 is 0 Å². The van der Waals surface area contributed by atoms with Crippen LogP contribution >= 0.6 is 12.2 Å². The van der Waals surface area contributed by atoms with Gasteiger partial charge in [0.2, 0.25) is 0 Å². The third kappa shape index (κ3) is 3.61. The highest BCUT2D eigenvalue weighted by Gasteiger charge is 2.38.